The first-order valence-corrected chi connectivity index (χ1v) is 7.04. The lowest BCUT2D eigenvalue weighted by molar-refractivity contribution is 0.147. The molecule has 1 fully saturated rings. The molecule has 1 aliphatic heterocycles. The number of rotatable bonds is 1. The summed E-state index contributed by atoms with van der Waals surface area (Å²) in [5.74, 6) is 0. The van der Waals surface area contributed by atoms with Crippen LogP contribution in [0.1, 0.15) is 24.8 Å². The van der Waals surface area contributed by atoms with Crippen molar-refractivity contribution in [2.75, 3.05) is 13.1 Å². The standard InChI is InChI=1S/C14H16FNS/c15-14(6-2-8-16-9-7-14)12-4-1-3-11-5-10-17-13(11)12/h1,3-5,10,16H,2,6-9H2. The summed E-state index contributed by atoms with van der Waals surface area (Å²) in [6, 6.07) is 8.07. The van der Waals surface area contributed by atoms with E-state index in [-0.39, 0.29) is 0 Å². The number of halogens is 1. The van der Waals surface area contributed by atoms with Crippen LogP contribution < -0.4 is 5.32 Å². The van der Waals surface area contributed by atoms with Gasteiger partial charge in [0, 0.05) is 10.3 Å². The molecular formula is C14H16FNS. The molecule has 90 valence electrons. The number of fused-ring (bicyclic) bond motifs is 1. The lowest BCUT2D eigenvalue weighted by Gasteiger charge is -2.24. The van der Waals surface area contributed by atoms with Gasteiger partial charge in [0.2, 0.25) is 0 Å². The molecule has 2 heterocycles. The van der Waals surface area contributed by atoms with Crippen molar-refractivity contribution >= 4 is 21.4 Å². The lowest BCUT2D eigenvalue weighted by atomic mass is 9.88. The normalized spacial score (nSPS) is 25.9. The Morgan fingerprint density at radius 1 is 1.18 bits per heavy atom. The maximum atomic E-state index is 15.1. The van der Waals surface area contributed by atoms with E-state index in [0.29, 0.717) is 12.8 Å². The summed E-state index contributed by atoms with van der Waals surface area (Å²) in [7, 11) is 0. The molecule has 1 unspecified atom stereocenters. The molecule has 17 heavy (non-hydrogen) atoms. The molecule has 1 saturated heterocycles. The molecule has 0 bridgehead atoms. The molecule has 1 aliphatic rings. The van der Waals surface area contributed by atoms with Crippen LogP contribution in [0.4, 0.5) is 4.39 Å². The molecule has 1 atom stereocenters. The van der Waals surface area contributed by atoms with Crippen molar-refractivity contribution in [2.45, 2.75) is 24.9 Å². The summed E-state index contributed by atoms with van der Waals surface area (Å²) >= 11 is 1.65. The molecule has 1 aromatic heterocycles. The van der Waals surface area contributed by atoms with Crippen LogP contribution in [0, 0.1) is 0 Å². The van der Waals surface area contributed by atoms with Crippen LogP contribution in [0.15, 0.2) is 29.6 Å². The molecule has 3 rings (SSSR count). The highest BCUT2D eigenvalue weighted by atomic mass is 32.1. The largest absolute Gasteiger partial charge is 0.317 e. The Balaban J connectivity index is 2.09. The second-order valence-corrected chi connectivity index (χ2v) is 5.63. The molecule has 3 heteroatoms. The van der Waals surface area contributed by atoms with Crippen LogP contribution in [0.2, 0.25) is 0 Å². The van der Waals surface area contributed by atoms with Gasteiger partial charge in [-0.05, 0) is 49.2 Å². The Morgan fingerprint density at radius 2 is 2.12 bits per heavy atom. The minimum atomic E-state index is -1.14. The van der Waals surface area contributed by atoms with E-state index in [2.05, 4.69) is 17.4 Å². The summed E-state index contributed by atoms with van der Waals surface area (Å²) in [5, 5.41) is 6.49. The second kappa shape index (κ2) is 4.39. The minimum absolute atomic E-state index is 0.587. The quantitative estimate of drug-likeness (QED) is 0.809. The molecule has 0 spiro atoms. The average Bonchev–Trinajstić information content (AvgIpc) is 2.71. The first-order chi connectivity index (χ1) is 8.30. The first kappa shape index (κ1) is 11.2. The zero-order chi connectivity index (χ0) is 11.7. The number of nitrogens with one attached hydrogen (secondary N) is 1. The van der Waals surface area contributed by atoms with Gasteiger partial charge in [-0.1, -0.05) is 18.2 Å². The monoisotopic (exact) mass is 249 g/mol. The summed E-state index contributed by atoms with van der Waals surface area (Å²) in [6.45, 7) is 1.71. The predicted octanol–water partition coefficient (Wildman–Crippen LogP) is 3.84. The maximum absolute atomic E-state index is 15.1. The van der Waals surface area contributed by atoms with E-state index in [1.54, 1.807) is 11.3 Å². The molecule has 0 aliphatic carbocycles. The van der Waals surface area contributed by atoms with E-state index in [1.165, 1.54) is 5.39 Å². The van der Waals surface area contributed by atoms with Gasteiger partial charge in [0.1, 0.15) is 5.67 Å². The van der Waals surface area contributed by atoms with Crippen LogP contribution in [0.3, 0.4) is 0 Å². The van der Waals surface area contributed by atoms with Crippen LogP contribution in [-0.2, 0) is 5.67 Å². The van der Waals surface area contributed by atoms with E-state index in [0.717, 1.165) is 29.8 Å². The molecule has 0 radical (unpaired) electrons. The van der Waals surface area contributed by atoms with E-state index < -0.39 is 5.67 Å². The highest BCUT2D eigenvalue weighted by Gasteiger charge is 2.34. The van der Waals surface area contributed by atoms with Crippen LogP contribution in [-0.4, -0.2) is 13.1 Å². The Kier molecular flexibility index (Phi) is 2.89. The fourth-order valence-corrected chi connectivity index (χ4v) is 3.65. The zero-order valence-electron chi connectivity index (χ0n) is 9.71. The van der Waals surface area contributed by atoms with Gasteiger partial charge in [-0.25, -0.2) is 4.39 Å². The van der Waals surface area contributed by atoms with Crippen molar-refractivity contribution in [3.63, 3.8) is 0 Å². The van der Waals surface area contributed by atoms with Gasteiger partial charge >= 0.3 is 0 Å². The summed E-state index contributed by atoms with van der Waals surface area (Å²) < 4.78 is 16.3. The molecule has 1 N–H and O–H groups in total. The average molecular weight is 249 g/mol. The second-order valence-electron chi connectivity index (χ2n) is 4.71. The number of hydrogen-bond acceptors (Lipinski definition) is 2. The van der Waals surface area contributed by atoms with Gasteiger partial charge in [-0.3, -0.25) is 0 Å². The molecule has 0 amide bonds. The number of hydrogen-bond donors (Lipinski definition) is 1. The topological polar surface area (TPSA) is 12.0 Å². The maximum Gasteiger partial charge on any atom is 0.138 e. The van der Waals surface area contributed by atoms with Crippen molar-refractivity contribution in [3.8, 4) is 0 Å². The van der Waals surface area contributed by atoms with Crippen molar-refractivity contribution in [2.24, 2.45) is 0 Å². The highest BCUT2D eigenvalue weighted by Crippen LogP contribution is 2.40. The third-order valence-electron chi connectivity index (χ3n) is 3.59. The number of thiophene rings is 1. The third-order valence-corrected chi connectivity index (χ3v) is 4.55. The van der Waals surface area contributed by atoms with Crippen LogP contribution in [0.5, 0.6) is 0 Å². The van der Waals surface area contributed by atoms with Crippen molar-refractivity contribution in [3.05, 3.63) is 35.2 Å². The van der Waals surface area contributed by atoms with Gasteiger partial charge < -0.3 is 5.32 Å². The third kappa shape index (κ3) is 1.98. The molecule has 1 nitrogen and oxygen atoms in total. The Labute approximate surface area is 105 Å². The van der Waals surface area contributed by atoms with Gasteiger partial charge in [0.05, 0.1) is 0 Å². The fraction of sp³-hybridized carbons (Fsp3) is 0.429. The smallest absolute Gasteiger partial charge is 0.138 e. The highest BCUT2D eigenvalue weighted by molar-refractivity contribution is 7.17. The van der Waals surface area contributed by atoms with Crippen molar-refractivity contribution < 1.29 is 4.39 Å². The Morgan fingerprint density at radius 3 is 3.06 bits per heavy atom. The number of benzene rings is 1. The Hall–Kier alpha value is -0.930. The molecule has 1 aromatic carbocycles. The summed E-state index contributed by atoms with van der Waals surface area (Å²) in [4.78, 5) is 0. The van der Waals surface area contributed by atoms with Gasteiger partial charge in [-0.2, -0.15) is 0 Å². The molecule has 0 saturated carbocycles. The summed E-state index contributed by atoms with van der Waals surface area (Å²) in [5.41, 5.74) is -0.248. The van der Waals surface area contributed by atoms with E-state index in [4.69, 9.17) is 0 Å². The van der Waals surface area contributed by atoms with E-state index in [1.807, 2.05) is 17.5 Å². The number of alkyl halides is 1. The molecule has 2 aromatic rings. The lowest BCUT2D eigenvalue weighted by Crippen LogP contribution is -2.22. The first-order valence-electron chi connectivity index (χ1n) is 6.16. The van der Waals surface area contributed by atoms with Gasteiger partial charge in [0.15, 0.2) is 0 Å². The van der Waals surface area contributed by atoms with Crippen LogP contribution >= 0.6 is 11.3 Å². The van der Waals surface area contributed by atoms with Crippen molar-refractivity contribution in [1.82, 2.24) is 5.32 Å². The van der Waals surface area contributed by atoms with Crippen molar-refractivity contribution in [1.29, 1.82) is 0 Å². The SMILES string of the molecule is FC1(c2cccc3ccsc23)CCCNCC1. The Bertz CT molecular complexity index is 512. The van der Waals surface area contributed by atoms with E-state index >= 15 is 4.39 Å². The van der Waals surface area contributed by atoms with Crippen LogP contribution in [0.25, 0.3) is 10.1 Å². The molecular weight excluding hydrogens is 233 g/mol. The fourth-order valence-electron chi connectivity index (χ4n) is 2.65. The summed E-state index contributed by atoms with van der Waals surface area (Å²) in [6.07, 6.45) is 2.14. The zero-order valence-corrected chi connectivity index (χ0v) is 10.5. The van der Waals surface area contributed by atoms with Gasteiger partial charge in [-0.15, -0.1) is 11.3 Å². The van der Waals surface area contributed by atoms with Gasteiger partial charge in [0.25, 0.3) is 0 Å². The minimum Gasteiger partial charge on any atom is -0.317 e. The predicted molar refractivity (Wildman–Crippen MR) is 71.3 cm³/mol. The van der Waals surface area contributed by atoms with E-state index in [9.17, 15) is 0 Å².